The van der Waals surface area contributed by atoms with Crippen LogP contribution >= 0.6 is 23.2 Å². The van der Waals surface area contributed by atoms with Crippen molar-refractivity contribution in [3.63, 3.8) is 0 Å². The molecule has 1 N–H and O–H groups in total. The first-order valence-electron chi connectivity index (χ1n) is 5.10. The third-order valence-electron chi connectivity index (χ3n) is 2.29. The van der Waals surface area contributed by atoms with Crippen molar-refractivity contribution in [3.05, 3.63) is 33.8 Å². The number of hydrogen-bond acceptors (Lipinski definition) is 2. The Labute approximate surface area is 109 Å². The summed E-state index contributed by atoms with van der Waals surface area (Å²) in [6, 6.07) is 4.65. The summed E-state index contributed by atoms with van der Waals surface area (Å²) in [5.41, 5.74) is 0.344. The number of rotatable bonds is 5. The predicted molar refractivity (Wildman–Crippen MR) is 66.8 cm³/mol. The molecule has 0 saturated heterocycles. The van der Waals surface area contributed by atoms with E-state index in [0.29, 0.717) is 15.6 Å². The minimum Gasteiger partial charge on any atom is -0.481 e. The number of benzene rings is 1. The number of carbonyl (C=O) groups is 2. The van der Waals surface area contributed by atoms with E-state index < -0.39 is 5.97 Å². The number of halogens is 2. The van der Waals surface area contributed by atoms with E-state index in [1.54, 1.807) is 19.1 Å². The van der Waals surface area contributed by atoms with Crippen LogP contribution in [0.5, 0.6) is 0 Å². The Morgan fingerprint density at radius 1 is 1.29 bits per heavy atom. The van der Waals surface area contributed by atoms with Crippen molar-refractivity contribution in [1.82, 2.24) is 0 Å². The highest BCUT2D eigenvalue weighted by Gasteiger charge is 2.16. The van der Waals surface area contributed by atoms with E-state index in [9.17, 15) is 9.59 Å². The molecule has 0 saturated carbocycles. The first kappa shape index (κ1) is 14.0. The third kappa shape index (κ3) is 4.36. The van der Waals surface area contributed by atoms with Gasteiger partial charge in [-0.05, 0) is 24.1 Å². The zero-order chi connectivity index (χ0) is 13.0. The maximum Gasteiger partial charge on any atom is 0.303 e. The summed E-state index contributed by atoms with van der Waals surface area (Å²) in [4.78, 5) is 22.4. The molecule has 0 fully saturated rings. The molecule has 0 heterocycles. The number of carboxylic acid groups (broad SMARTS) is 1. The molecule has 0 radical (unpaired) electrons. The number of carboxylic acids is 1. The molecule has 0 aliphatic heterocycles. The summed E-state index contributed by atoms with van der Waals surface area (Å²) in [7, 11) is 0. The number of Topliss-reactive ketones (excluding diaryl/α,β-unsaturated/α-hetero) is 1. The number of carbonyl (C=O) groups excluding carboxylic acids is 1. The quantitative estimate of drug-likeness (QED) is 0.834. The van der Waals surface area contributed by atoms with Gasteiger partial charge in [0.2, 0.25) is 0 Å². The Hall–Kier alpha value is -1.06. The zero-order valence-electron chi connectivity index (χ0n) is 9.24. The Bertz CT molecular complexity index is 443. The van der Waals surface area contributed by atoms with E-state index in [2.05, 4.69) is 0 Å². The average Bonchev–Trinajstić information content (AvgIpc) is 2.20. The van der Waals surface area contributed by atoms with Crippen LogP contribution < -0.4 is 0 Å². The van der Waals surface area contributed by atoms with E-state index in [-0.39, 0.29) is 24.5 Å². The number of hydrogen-bond donors (Lipinski definition) is 1. The van der Waals surface area contributed by atoms with Gasteiger partial charge >= 0.3 is 5.97 Å². The maximum atomic E-state index is 11.9. The standard InChI is InChI=1S/C12H12Cl2O3/c1-7(5-12(16)17)4-11(15)9-6-8(13)2-3-10(9)14/h2-3,6-7H,4-5H2,1H3,(H,16,17). The van der Waals surface area contributed by atoms with Crippen LogP contribution in [0.25, 0.3) is 0 Å². The fourth-order valence-corrected chi connectivity index (χ4v) is 1.90. The van der Waals surface area contributed by atoms with E-state index in [1.807, 2.05) is 0 Å². The Morgan fingerprint density at radius 2 is 1.94 bits per heavy atom. The smallest absolute Gasteiger partial charge is 0.303 e. The molecule has 1 aromatic rings. The van der Waals surface area contributed by atoms with Crippen molar-refractivity contribution in [2.24, 2.45) is 5.92 Å². The highest BCUT2D eigenvalue weighted by Crippen LogP contribution is 2.23. The van der Waals surface area contributed by atoms with Crippen LogP contribution in [-0.4, -0.2) is 16.9 Å². The minimum absolute atomic E-state index is 0.0378. The Kier molecular flexibility index (Phi) is 4.97. The highest BCUT2D eigenvalue weighted by atomic mass is 35.5. The first-order chi connectivity index (χ1) is 7.90. The molecule has 0 aliphatic carbocycles. The molecule has 1 aromatic carbocycles. The lowest BCUT2D eigenvalue weighted by Gasteiger charge is -2.09. The molecule has 92 valence electrons. The van der Waals surface area contributed by atoms with Crippen molar-refractivity contribution < 1.29 is 14.7 Å². The minimum atomic E-state index is -0.914. The molecule has 0 spiro atoms. The van der Waals surface area contributed by atoms with Gasteiger partial charge in [-0.25, -0.2) is 0 Å². The van der Waals surface area contributed by atoms with E-state index in [4.69, 9.17) is 28.3 Å². The topological polar surface area (TPSA) is 54.4 Å². The van der Waals surface area contributed by atoms with Gasteiger partial charge in [0.25, 0.3) is 0 Å². The van der Waals surface area contributed by atoms with Gasteiger partial charge in [-0.2, -0.15) is 0 Å². The van der Waals surface area contributed by atoms with Gasteiger partial charge in [0.1, 0.15) is 0 Å². The monoisotopic (exact) mass is 274 g/mol. The fourth-order valence-electron chi connectivity index (χ4n) is 1.51. The Balaban J connectivity index is 2.76. The maximum absolute atomic E-state index is 11.9. The summed E-state index contributed by atoms with van der Waals surface area (Å²) in [6.07, 6.45) is 0.107. The molecule has 0 aromatic heterocycles. The molecular weight excluding hydrogens is 263 g/mol. The second-order valence-corrected chi connectivity index (χ2v) is 4.80. The summed E-state index contributed by atoms with van der Waals surface area (Å²) < 4.78 is 0. The van der Waals surface area contributed by atoms with Crippen LogP contribution in [-0.2, 0) is 4.79 Å². The second kappa shape index (κ2) is 6.03. The number of ketones is 1. The van der Waals surface area contributed by atoms with Gasteiger partial charge in [0.15, 0.2) is 5.78 Å². The van der Waals surface area contributed by atoms with Gasteiger partial charge in [-0.15, -0.1) is 0 Å². The first-order valence-corrected chi connectivity index (χ1v) is 5.85. The zero-order valence-corrected chi connectivity index (χ0v) is 10.8. The van der Waals surface area contributed by atoms with Crippen molar-refractivity contribution in [3.8, 4) is 0 Å². The van der Waals surface area contributed by atoms with Crippen LogP contribution in [0.15, 0.2) is 18.2 Å². The normalized spacial score (nSPS) is 12.2. The van der Waals surface area contributed by atoms with E-state index in [1.165, 1.54) is 6.07 Å². The molecule has 0 aliphatic rings. The van der Waals surface area contributed by atoms with E-state index in [0.717, 1.165) is 0 Å². The summed E-state index contributed by atoms with van der Waals surface area (Å²) in [6.45, 7) is 1.71. The molecule has 0 amide bonds. The van der Waals surface area contributed by atoms with Crippen LogP contribution in [0.3, 0.4) is 0 Å². The van der Waals surface area contributed by atoms with Crippen molar-refractivity contribution in [2.75, 3.05) is 0 Å². The lowest BCUT2D eigenvalue weighted by Crippen LogP contribution is -2.10. The third-order valence-corrected chi connectivity index (χ3v) is 2.85. The summed E-state index contributed by atoms with van der Waals surface area (Å²) in [5, 5.41) is 9.38. The van der Waals surface area contributed by atoms with Gasteiger partial charge in [-0.1, -0.05) is 30.1 Å². The second-order valence-electron chi connectivity index (χ2n) is 3.95. The summed E-state index contributed by atoms with van der Waals surface area (Å²) >= 11 is 11.7. The SMILES string of the molecule is CC(CC(=O)O)CC(=O)c1cc(Cl)ccc1Cl. The van der Waals surface area contributed by atoms with Crippen molar-refractivity contribution in [1.29, 1.82) is 0 Å². The molecule has 17 heavy (non-hydrogen) atoms. The van der Waals surface area contributed by atoms with E-state index >= 15 is 0 Å². The Morgan fingerprint density at radius 3 is 2.53 bits per heavy atom. The molecule has 5 heteroatoms. The van der Waals surface area contributed by atoms with Gasteiger partial charge < -0.3 is 5.11 Å². The molecule has 1 atom stereocenters. The van der Waals surface area contributed by atoms with Gasteiger partial charge in [-0.3, -0.25) is 9.59 Å². The molecular formula is C12H12Cl2O3. The largest absolute Gasteiger partial charge is 0.481 e. The lowest BCUT2D eigenvalue weighted by atomic mass is 9.97. The van der Waals surface area contributed by atoms with Crippen molar-refractivity contribution >= 4 is 35.0 Å². The van der Waals surface area contributed by atoms with Gasteiger partial charge in [0, 0.05) is 23.4 Å². The predicted octanol–water partition coefficient (Wildman–Crippen LogP) is 3.68. The van der Waals surface area contributed by atoms with Crippen LogP contribution in [0, 0.1) is 5.92 Å². The van der Waals surface area contributed by atoms with Crippen LogP contribution in [0.4, 0.5) is 0 Å². The van der Waals surface area contributed by atoms with Gasteiger partial charge in [0.05, 0.1) is 5.02 Å². The lowest BCUT2D eigenvalue weighted by molar-refractivity contribution is -0.137. The van der Waals surface area contributed by atoms with Crippen molar-refractivity contribution in [2.45, 2.75) is 19.8 Å². The fraction of sp³-hybridized carbons (Fsp3) is 0.333. The summed E-state index contributed by atoms with van der Waals surface area (Å²) in [5.74, 6) is -1.33. The van der Waals surface area contributed by atoms with Crippen LogP contribution in [0.1, 0.15) is 30.1 Å². The average molecular weight is 275 g/mol. The van der Waals surface area contributed by atoms with Crippen LogP contribution in [0.2, 0.25) is 10.0 Å². The molecule has 1 rings (SSSR count). The number of aliphatic carboxylic acids is 1. The highest BCUT2D eigenvalue weighted by molar-refractivity contribution is 6.35. The molecule has 3 nitrogen and oxygen atoms in total. The molecule has 0 bridgehead atoms. The molecule has 1 unspecified atom stereocenters.